The summed E-state index contributed by atoms with van der Waals surface area (Å²) in [6.45, 7) is 1.45. The van der Waals surface area contributed by atoms with E-state index >= 15 is 0 Å². The molecular weight excluding hydrogens is 220 g/mol. The third-order valence-corrected chi connectivity index (χ3v) is 3.17. The molecule has 0 spiro atoms. The Balaban J connectivity index is 2.03. The van der Waals surface area contributed by atoms with Crippen molar-refractivity contribution in [1.29, 1.82) is 0 Å². The molecule has 0 aromatic carbocycles. The molecule has 17 heavy (non-hydrogen) atoms. The maximum absolute atomic E-state index is 11.3. The number of nitrogens with zero attached hydrogens (tertiary/aromatic N) is 2. The van der Waals surface area contributed by atoms with Crippen LogP contribution in [-0.2, 0) is 11.2 Å². The molecule has 0 saturated carbocycles. The molecule has 1 fully saturated rings. The van der Waals surface area contributed by atoms with Crippen molar-refractivity contribution in [2.45, 2.75) is 31.3 Å². The summed E-state index contributed by atoms with van der Waals surface area (Å²) in [6.07, 6.45) is 5.66. The highest BCUT2D eigenvalue weighted by Gasteiger charge is 2.29. The van der Waals surface area contributed by atoms with Gasteiger partial charge in [-0.15, -0.1) is 0 Å². The van der Waals surface area contributed by atoms with Gasteiger partial charge in [0.1, 0.15) is 6.04 Å². The quantitative estimate of drug-likeness (QED) is 0.677. The number of carbonyl (C=O) groups is 1. The van der Waals surface area contributed by atoms with Crippen molar-refractivity contribution in [2.24, 2.45) is 5.73 Å². The number of nitrogens with one attached hydrogen (secondary N) is 1. The Hall–Kier alpha value is -1.40. The number of rotatable bonds is 4. The first-order valence-corrected chi connectivity index (χ1v) is 5.87. The number of nitrogens with two attached hydrogens (primary N) is 1. The van der Waals surface area contributed by atoms with E-state index in [0.717, 1.165) is 25.1 Å². The lowest BCUT2D eigenvalue weighted by atomic mass is 10.0. The number of aromatic amines is 1. The van der Waals surface area contributed by atoms with Gasteiger partial charge in [0.25, 0.3) is 0 Å². The Bertz CT molecular complexity index is 366. The third kappa shape index (κ3) is 3.04. The summed E-state index contributed by atoms with van der Waals surface area (Å²) in [4.78, 5) is 20.2. The summed E-state index contributed by atoms with van der Waals surface area (Å²) in [6, 6.07) is -0.436. The molecule has 1 aromatic rings. The van der Waals surface area contributed by atoms with Crippen molar-refractivity contribution in [3.05, 3.63) is 18.2 Å². The molecule has 0 bridgehead atoms. The van der Waals surface area contributed by atoms with Crippen molar-refractivity contribution in [1.82, 2.24) is 14.9 Å². The van der Waals surface area contributed by atoms with E-state index in [9.17, 15) is 9.90 Å². The molecule has 4 N–H and O–H groups in total. The molecule has 1 aliphatic rings. The van der Waals surface area contributed by atoms with Crippen LogP contribution < -0.4 is 5.73 Å². The summed E-state index contributed by atoms with van der Waals surface area (Å²) in [5, 5.41) is 9.29. The van der Waals surface area contributed by atoms with E-state index in [1.807, 2.05) is 4.90 Å². The lowest BCUT2D eigenvalue weighted by molar-refractivity contribution is -0.143. The molecule has 6 nitrogen and oxygen atoms in total. The van der Waals surface area contributed by atoms with Crippen LogP contribution in [0.1, 0.15) is 18.5 Å². The minimum absolute atomic E-state index is 0.0878. The zero-order valence-corrected chi connectivity index (χ0v) is 9.67. The van der Waals surface area contributed by atoms with Gasteiger partial charge < -0.3 is 15.8 Å². The second kappa shape index (κ2) is 5.29. The molecule has 0 aliphatic carbocycles. The summed E-state index contributed by atoms with van der Waals surface area (Å²) in [7, 11) is 0. The van der Waals surface area contributed by atoms with Crippen LogP contribution in [0, 0.1) is 0 Å². The molecule has 1 aromatic heterocycles. The highest BCUT2D eigenvalue weighted by molar-refractivity contribution is 5.73. The topological polar surface area (TPSA) is 95.2 Å². The van der Waals surface area contributed by atoms with Gasteiger partial charge in [0, 0.05) is 25.2 Å². The fourth-order valence-electron chi connectivity index (χ4n) is 2.30. The summed E-state index contributed by atoms with van der Waals surface area (Å²) in [5.41, 5.74) is 6.65. The Morgan fingerprint density at radius 3 is 3.18 bits per heavy atom. The second-order valence-corrected chi connectivity index (χ2v) is 4.52. The van der Waals surface area contributed by atoms with Gasteiger partial charge in [-0.25, -0.2) is 4.98 Å². The zero-order valence-electron chi connectivity index (χ0n) is 9.67. The van der Waals surface area contributed by atoms with Gasteiger partial charge in [0.15, 0.2) is 0 Å². The van der Waals surface area contributed by atoms with Gasteiger partial charge in [0.2, 0.25) is 0 Å². The minimum atomic E-state index is -0.804. The second-order valence-electron chi connectivity index (χ2n) is 4.52. The monoisotopic (exact) mass is 238 g/mol. The fourth-order valence-corrected chi connectivity index (χ4v) is 2.30. The van der Waals surface area contributed by atoms with Crippen molar-refractivity contribution >= 4 is 5.97 Å². The van der Waals surface area contributed by atoms with Crippen molar-refractivity contribution < 1.29 is 9.90 Å². The molecule has 6 heteroatoms. The number of aliphatic carboxylic acids is 1. The first kappa shape index (κ1) is 12.1. The number of H-pyrrole nitrogens is 1. The molecule has 0 unspecified atom stereocenters. The first-order valence-electron chi connectivity index (χ1n) is 5.87. The highest BCUT2D eigenvalue weighted by Crippen LogP contribution is 2.14. The minimum Gasteiger partial charge on any atom is -0.480 e. The zero-order chi connectivity index (χ0) is 12.3. The van der Waals surface area contributed by atoms with Gasteiger partial charge in [-0.05, 0) is 19.4 Å². The molecule has 0 amide bonds. The average molecular weight is 238 g/mol. The lowest BCUT2D eigenvalue weighted by Gasteiger charge is -2.34. The maximum atomic E-state index is 11.3. The first-order chi connectivity index (χ1) is 8.16. The van der Waals surface area contributed by atoms with Crippen LogP contribution in [0.5, 0.6) is 0 Å². The average Bonchev–Trinajstić information content (AvgIpc) is 2.78. The van der Waals surface area contributed by atoms with Gasteiger partial charge in [-0.1, -0.05) is 0 Å². The molecule has 2 rings (SSSR count). The Morgan fingerprint density at radius 2 is 2.59 bits per heavy atom. The van der Waals surface area contributed by atoms with Crippen molar-refractivity contribution in [3.8, 4) is 0 Å². The predicted molar refractivity (Wildman–Crippen MR) is 62.5 cm³/mol. The normalized spacial score (nSPS) is 23.5. The summed E-state index contributed by atoms with van der Waals surface area (Å²) >= 11 is 0. The van der Waals surface area contributed by atoms with Gasteiger partial charge in [-0.2, -0.15) is 0 Å². The number of hydrogen-bond acceptors (Lipinski definition) is 4. The molecular formula is C11H18N4O2. The standard InChI is InChI=1S/C11H18N4O2/c12-8-2-1-3-15(6-8)10(11(16)17)4-9-5-13-7-14-9/h5,7-8,10H,1-4,6,12H2,(H,13,14)(H,16,17)/t8-,10-/m0/s1. The molecule has 1 aliphatic heterocycles. The van der Waals surface area contributed by atoms with E-state index in [-0.39, 0.29) is 6.04 Å². The number of carboxylic acid groups (broad SMARTS) is 1. The number of hydrogen-bond donors (Lipinski definition) is 3. The van der Waals surface area contributed by atoms with Crippen molar-refractivity contribution in [3.63, 3.8) is 0 Å². The Kier molecular flexibility index (Phi) is 3.75. The van der Waals surface area contributed by atoms with E-state index < -0.39 is 12.0 Å². The Morgan fingerprint density at radius 1 is 1.76 bits per heavy atom. The van der Waals surface area contributed by atoms with Crippen molar-refractivity contribution in [2.75, 3.05) is 13.1 Å². The lowest BCUT2D eigenvalue weighted by Crippen LogP contribution is -2.51. The van der Waals surface area contributed by atoms with Crippen LogP contribution in [0.2, 0.25) is 0 Å². The largest absolute Gasteiger partial charge is 0.480 e. The van der Waals surface area contributed by atoms with Crippen LogP contribution in [0.25, 0.3) is 0 Å². The predicted octanol–water partition coefficient (Wildman–Crippen LogP) is -0.172. The third-order valence-electron chi connectivity index (χ3n) is 3.17. The molecule has 2 heterocycles. The highest BCUT2D eigenvalue weighted by atomic mass is 16.4. The number of aromatic nitrogens is 2. The smallest absolute Gasteiger partial charge is 0.321 e. The van der Waals surface area contributed by atoms with Gasteiger partial charge >= 0.3 is 5.97 Å². The van der Waals surface area contributed by atoms with Crippen LogP contribution >= 0.6 is 0 Å². The number of imidazole rings is 1. The SMILES string of the molecule is N[C@H]1CCCN([C@@H](Cc2c[nH]cn2)C(=O)O)C1. The number of piperidine rings is 1. The summed E-state index contributed by atoms with van der Waals surface area (Å²) in [5.74, 6) is -0.804. The van der Waals surface area contributed by atoms with Crippen LogP contribution in [0.3, 0.4) is 0 Å². The van der Waals surface area contributed by atoms with Gasteiger partial charge in [-0.3, -0.25) is 9.69 Å². The molecule has 2 atom stereocenters. The molecule has 94 valence electrons. The fraction of sp³-hybridized carbons (Fsp3) is 0.636. The number of carboxylic acids is 1. The van der Waals surface area contributed by atoms with E-state index in [4.69, 9.17) is 5.73 Å². The number of likely N-dealkylation sites (tertiary alicyclic amines) is 1. The van der Waals surface area contributed by atoms with Gasteiger partial charge in [0.05, 0.1) is 12.0 Å². The maximum Gasteiger partial charge on any atom is 0.321 e. The van der Waals surface area contributed by atoms with E-state index in [2.05, 4.69) is 9.97 Å². The molecule has 1 saturated heterocycles. The Labute approximate surface area is 99.8 Å². The van der Waals surface area contributed by atoms with E-state index in [1.54, 1.807) is 12.5 Å². The molecule has 0 radical (unpaired) electrons. The van der Waals surface area contributed by atoms with E-state index in [1.165, 1.54) is 0 Å². The van der Waals surface area contributed by atoms with E-state index in [0.29, 0.717) is 13.0 Å². The van der Waals surface area contributed by atoms with Crippen LogP contribution in [-0.4, -0.2) is 51.1 Å². The summed E-state index contributed by atoms with van der Waals surface area (Å²) < 4.78 is 0. The van der Waals surface area contributed by atoms with Crippen LogP contribution in [0.15, 0.2) is 12.5 Å². The van der Waals surface area contributed by atoms with Crippen LogP contribution in [0.4, 0.5) is 0 Å².